The van der Waals surface area contributed by atoms with Crippen LogP contribution in [0.25, 0.3) is 11.3 Å². The molecule has 0 amide bonds. The standard InChI is InChI=1S/C24H26F2N4OS/c1-3-16-12-28-24(29-13-16)30-8-6-17(7-9-30)15-31-23-20(25)10-18(11-21(23)26)22-5-4-19(32-2)14-27-22/h4-5,10-14,17H,3,6-9,15H2,1-2H3. The van der Waals surface area contributed by atoms with Crippen molar-refractivity contribution >= 4 is 17.7 Å². The Balaban J connectivity index is 1.34. The minimum atomic E-state index is -0.711. The van der Waals surface area contributed by atoms with Gasteiger partial charge < -0.3 is 9.64 Å². The van der Waals surface area contributed by atoms with Crippen LogP contribution in [-0.2, 0) is 6.42 Å². The van der Waals surface area contributed by atoms with Crippen molar-refractivity contribution in [2.24, 2.45) is 5.92 Å². The van der Waals surface area contributed by atoms with Gasteiger partial charge in [0.1, 0.15) is 0 Å². The normalized spacial score (nSPS) is 14.6. The molecule has 1 aliphatic rings. The van der Waals surface area contributed by atoms with E-state index in [1.165, 1.54) is 12.1 Å². The molecule has 0 spiro atoms. The molecule has 8 heteroatoms. The summed E-state index contributed by atoms with van der Waals surface area (Å²) >= 11 is 1.56. The highest BCUT2D eigenvalue weighted by Gasteiger charge is 2.23. The summed E-state index contributed by atoms with van der Waals surface area (Å²) < 4.78 is 34.8. The van der Waals surface area contributed by atoms with Crippen molar-refractivity contribution in [1.29, 1.82) is 0 Å². The quantitative estimate of drug-likeness (QED) is 0.444. The third-order valence-corrected chi connectivity index (χ3v) is 6.44. The Labute approximate surface area is 191 Å². The van der Waals surface area contributed by atoms with Crippen molar-refractivity contribution in [3.05, 3.63) is 60.1 Å². The van der Waals surface area contributed by atoms with Gasteiger partial charge in [0.05, 0.1) is 12.3 Å². The third-order valence-electron chi connectivity index (χ3n) is 5.73. The molecule has 0 atom stereocenters. The van der Waals surface area contributed by atoms with Gasteiger partial charge in [-0.3, -0.25) is 4.98 Å². The van der Waals surface area contributed by atoms with E-state index in [-0.39, 0.29) is 18.3 Å². The fourth-order valence-electron chi connectivity index (χ4n) is 3.71. The second-order valence-electron chi connectivity index (χ2n) is 7.84. The Morgan fingerprint density at radius 2 is 1.72 bits per heavy atom. The van der Waals surface area contributed by atoms with E-state index in [0.29, 0.717) is 11.3 Å². The molecule has 3 aromatic rings. The molecule has 0 radical (unpaired) electrons. The monoisotopic (exact) mass is 456 g/mol. The molecule has 1 fully saturated rings. The Kier molecular flexibility index (Phi) is 7.19. The van der Waals surface area contributed by atoms with Crippen LogP contribution < -0.4 is 9.64 Å². The average molecular weight is 457 g/mol. The number of pyridine rings is 1. The maximum absolute atomic E-state index is 14.6. The lowest BCUT2D eigenvalue weighted by Crippen LogP contribution is -2.36. The van der Waals surface area contributed by atoms with Crippen LogP contribution in [0, 0.1) is 17.6 Å². The molecule has 168 valence electrons. The fourth-order valence-corrected chi connectivity index (χ4v) is 4.07. The second kappa shape index (κ2) is 10.3. The van der Waals surface area contributed by atoms with Crippen LogP contribution in [0.1, 0.15) is 25.3 Å². The summed E-state index contributed by atoms with van der Waals surface area (Å²) in [6, 6.07) is 6.19. The number of ether oxygens (including phenoxy) is 1. The van der Waals surface area contributed by atoms with Gasteiger partial charge in [-0.2, -0.15) is 0 Å². The highest BCUT2D eigenvalue weighted by Crippen LogP contribution is 2.30. The van der Waals surface area contributed by atoms with Crippen molar-refractivity contribution in [2.45, 2.75) is 31.1 Å². The molecule has 0 N–H and O–H groups in total. The van der Waals surface area contributed by atoms with E-state index in [2.05, 4.69) is 26.8 Å². The lowest BCUT2D eigenvalue weighted by Gasteiger charge is -2.31. The van der Waals surface area contributed by atoms with Gasteiger partial charge in [0.25, 0.3) is 0 Å². The van der Waals surface area contributed by atoms with Crippen LogP contribution in [0.4, 0.5) is 14.7 Å². The molecule has 1 aliphatic heterocycles. The molecule has 32 heavy (non-hydrogen) atoms. The van der Waals surface area contributed by atoms with E-state index in [1.807, 2.05) is 24.7 Å². The lowest BCUT2D eigenvalue weighted by molar-refractivity contribution is 0.207. The SMILES string of the molecule is CCc1cnc(N2CCC(COc3c(F)cc(-c4ccc(SC)cn4)cc3F)CC2)nc1. The molecule has 0 aliphatic carbocycles. The van der Waals surface area contributed by atoms with E-state index in [1.54, 1.807) is 24.0 Å². The summed E-state index contributed by atoms with van der Waals surface area (Å²) in [5, 5.41) is 0. The van der Waals surface area contributed by atoms with Gasteiger partial charge in [-0.15, -0.1) is 11.8 Å². The van der Waals surface area contributed by atoms with Crippen LogP contribution in [0.15, 0.2) is 47.8 Å². The molecule has 2 aromatic heterocycles. The fraction of sp³-hybridized carbons (Fsp3) is 0.375. The minimum Gasteiger partial charge on any atom is -0.487 e. The third kappa shape index (κ3) is 5.18. The molecule has 1 saturated heterocycles. The Morgan fingerprint density at radius 3 is 2.28 bits per heavy atom. The molecule has 0 saturated carbocycles. The van der Waals surface area contributed by atoms with Crippen molar-refractivity contribution in [2.75, 3.05) is 30.9 Å². The zero-order valence-corrected chi connectivity index (χ0v) is 19.0. The van der Waals surface area contributed by atoms with Gasteiger partial charge in [-0.25, -0.2) is 18.7 Å². The Bertz CT molecular complexity index is 1020. The zero-order chi connectivity index (χ0) is 22.5. The van der Waals surface area contributed by atoms with Gasteiger partial charge in [0.15, 0.2) is 17.4 Å². The topological polar surface area (TPSA) is 51.1 Å². The number of anilines is 1. The second-order valence-corrected chi connectivity index (χ2v) is 8.72. The predicted octanol–water partition coefficient (Wildman–Crippen LogP) is 5.40. The van der Waals surface area contributed by atoms with Gasteiger partial charge in [0.2, 0.25) is 5.95 Å². The number of rotatable bonds is 7. The highest BCUT2D eigenvalue weighted by molar-refractivity contribution is 7.98. The summed E-state index contributed by atoms with van der Waals surface area (Å²) in [6.45, 7) is 3.93. The molecule has 3 heterocycles. The van der Waals surface area contributed by atoms with E-state index in [9.17, 15) is 8.78 Å². The summed E-state index contributed by atoms with van der Waals surface area (Å²) in [6.07, 6.45) is 9.98. The van der Waals surface area contributed by atoms with Crippen LogP contribution >= 0.6 is 11.8 Å². The van der Waals surface area contributed by atoms with E-state index >= 15 is 0 Å². The van der Waals surface area contributed by atoms with Gasteiger partial charge in [-0.1, -0.05) is 6.92 Å². The number of hydrogen-bond acceptors (Lipinski definition) is 6. The number of benzene rings is 1. The van der Waals surface area contributed by atoms with Gasteiger partial charge in [-0.05, 0) is 61.3 Å². The first kappa shape index (κ1) is 22.5. The Morgan fingerprint density at radius 1 is 1.03 bits per heavy atom. The molecule has 0 bridgehead atoms. The van der Waals surface area contributed by atoms with Crippen molar-refractivity contribution in [3.63, 3.8) is 0 Å². The van der Waals surface area contributed by atoms with Crippen molar-refractivity contribution < 1.29 is 13.5 Å². The largest absolute Gasteiger partial charge is 0.487 e. The number of aryl methyl sites for hydroxylation is 1. The number of aromatic nitrogens is 3. The minimum absolute atomic E-state index is 0.223. The summed E-state index contributed by atoms with van der Waals surface area (Å²) in [5.41, 5.74) is 2.02. The van der Waals surface area contributed by atoms with Crippen LogP contribution in [0.2, 0.25) is 0 Å². The first-order chi connectivity index (χ1) is 15.6. The number of thioether (sulfide) groups is 1. The van der Waals surface area contributed by atoms with Crippen molar-refractivity contribution in [1.82, 2.24) is 15.0 Å². The molecule has 0 unspecified atom stereocenters. The van der Waals surface area contributed by atoms with E-state index in [4.69, 9.17) is 4.74 Å². The maximum atomic E-state index is 14.6. The molecular formula is C24H26F2N4OS. The average Bonchev–Trinajstić information content (AvgIpc) is 2.84. The molecular weight excluding hydrogens is 430 g/mol. The molecule has 1 aromatic carbocycles. The van der Waals surface area contributed by atoms with Crippen LogP contribution in [0.5, 0.6) is 5.75 Å². The van der Waals surface area contributed by atoms with Gasteiger partial charge >= 0.3 is 0 Å². The Hall–Kier alpha value is -2.74. The van der Waals surface area contributed by atoms with E-state index in [0.717, 1.165) is 48.8 Å². The maximum Gasteiger partial charge on any atom is 0.225 e. The molecule has 4 rings (SSSR count). The predicted molar refractivity (Wildman–Crippen MR) is 123 cm³/mol. The number of hydrogen-bond donors (Lipinski definition) is 0. The summed E-state index contributed by atoms with van der Waals surface area (Å²) in [4.78, 5) is 16.3. The molecule has 5 nitrogen and oxygen atoms in total. The zero-order valence-electron chi connectivity index (χ0n) is 18.2. The number of nitrogens with zero attached hydrogens (tertiary/aromatic N) is 4. The van der Waals surface area contributed by atoms with E-state index < -0.39 is 11.6 Å². The highest BCUT2D eigenvalue weighted by atomic mass is 32.2. The van der Waals surface area contributed by atoms with Crippen molar-refractivity contribution in [3.8, 4) is 17.0 Å². The first-order valence-electron chi connectivity index (χ1n) is 10.8. The lowest BCUT2D eigenvalue weighted by atomic mass is 9.98. The number of piperidine rings is 1. The van der Waals surface area contributed by atoms with Crippen LogP contribution in [0.3, 0.4) is 0 Å². The summed E-state index contributed by atoms with van der Waals surface area (Å²) in [7, 11) is 0. The summed E-state index contributed by atoms with van der Waals surface area (Å²) in [5.74, 6) is -0.792. The first-order valence-corrected chi connectivity index (χ1v) is 12.0. The van der Waals surface area contributed by atoms with Crippen LogP contribution in [-0.4, -0.2) is 40.9 Å². The number of halogens is 2. The smallest absolute Gasteiger partial charge is 0.225 e. The van der Waals surface area contributed by atoms with Gasteiger partial charge in [0, 0.05) is 42.1 Å².